The van der Waals surface area contributed by atoms with Gasteiger partial charge in [-0.1, -0.05) is 75.2 Å². The van der Waals surface area contributed by atoms with Crippen molar-refractivity contribution in [1.82, 2.24) is 0 Å². The molecule has 1 nitrogen and oxygen atoms in total. The Balaban J connectivity index is 2.36. The normalized spacial score (nSPS) is 11.2. The zero-order chi connectivity index (χ0) is 15.6. The van der Waals surface area contributed by atoms with Gasteiger partial charge in [-0.25, -0.2) is 0 Å². The second-order valence-corrected chi connectivity index (χ2v) is 5.74. The van der Waals surface area contributed by atoms with Crippen LogP contribution in [0.1, 0.15) is 50.7 Å². The molecule has 22 heavy (non-hydrogen) atoms. The van der Waals surface area contributed by atoms with Crippen molar-refractivity contribution in [2.45, 2.75) is 46.0 Å². The van der Waals surface area contributed by atoms with Crippen LogP contribution in [0.3, 0.4) is 0 Å². The summed E-state index contributed by atoms with van der Waals surface area (Å²) in [5.74, 6) is 0. The maximum absolute atomic E-state index is 4.66. The van der Waals surface area contributed by atoms with E-state index >= 15 is 0 Å². The van der Waals surface area contributed by atoms with Crippen LogP contribution < -0.4 is 0 Å². The summed E-state index contributed by atoms with van der Waals surface area (Å²) in [4.78, 5) is 4.66. The molecule has 0 fully saturated rings. The number of hydrogen-bond acceptors (Lipinski definition) is 1. The minimum atomic E-state index is 0.923. The second kappa shape index (κ2) is 9.19. The Morgan fingerprint density at radius 2 is 1.64 bits per heavy atom. The molecule has 0 radical (unpaired) electrons. The third kappa shape index (κ3) is 4.56. The van der Waals surface area contributed by atoms with Crippen molar-refractivity contribution in [1.29, 1.82) is 0 Å². The lowest BCUT2D eigenvalue weighted by atomic mass is 9.93. The first-order chi connectivity index (χ1) is 10.9. The van der Waals surface area contributed by atoms with Crippen molar-refractivity contribution in [2.75, 3.05) is 6.54 Å². The number of unbranched alkanes of at least 4 members (excludes halogenated alkanes) is 2. The van der Waals surface area contributed by atoms with Gasteiger partial charge in [0.2, 0.25) is 0 Å². The van der Waals surface area contributed by atoms with Gasteiger partial charge in [-0.2, -0.15) is 0 Å². The number of aryl methyl sites for hydroxylation is 1. The van der Waals surface area contributed by atoms with Crippen LogP contribution in [-0.2, 0) is 6.42 Å². The van der Waals surface area contributed by atoms with Crippen molar-refractivity contribution >= 4 is 6.21 Å². The van der Waals surface area contributed by atoms with E-state index in [0.29, 0.717) is 0 Å². The van der Waals surface area contributed by atoms with Crippen LogP contribution in [0.4, 0.5) is 0 Å². The highest BCUT2D eigenvalue weighted by Crippen LogP contribution is 2.26. The van der Waals surface area contributed by atoms with Gasteiger partial charge in [0.15, 0.2) is 0 Å². The Kier molecular flexibility index (Phi) is 6.89. The van der Waals surface area contributed by atoms with Crippen molar-refractivity contribution in [2.24, 2.45) is 4.99 Å². The molecule has 0 N–H and O–H groups in total. The first-order valence-electron chi connectivity index (χ1n) is 8.54. The van der Waals surface area contributed by atoms with Crippen LogP contribution in [0.15, 0.2) is 53.5 Å². The molecule has 2 aromatic carbocycles. The van der Waals surface area contributed by atoms with E-state index in [-0.39, 0.29) is 0 Å². The smallest absolute Gasteiger partial charge is 0.0389 e. The van der Waals surface area contributed by atoms with Gasteiger partial charge in [-0.15, -0.1) is 0 Å². The predicted molar refractivity (Wildman–Crippen MR) is 97.9 cm³/mol. The van der Waals surface area contributed by atoms with E-state index in [4.69, 9.17) is 0 Å². The molecule has 0 aromatic heterocycles. The highest BCUT2D eigenvalue weighted by molar-refractivity contribution is 5.92. The van der Waals surface area contributed by atoms with Gasteiger partial charge in [0.25, 0.3) is 0 Å². The van der Waals surface area contributed by atoms with Gasteiger partial charge in [0, 0.05) is 18.3 Å². The van der Waals surface area contributed by atoms with Crippen LogP contribution >= 0.6 is 0 Å². The number of rotatable bonds is 8. The zero-order valence-electron chi connectivity index (χ0n) is 13.9. The van der Waals surface area contributed by atoms with Gasteiger partial charge in [-0.3, -0.25) is 4.99 Å². The largest absolute Gasteiger partial charge is 0.293 e. The van der Waals surface area contributed by atoms with E-state index in [1.807, 2.05) is 0 Å². The molecular weight excluding hydrogens is 266 g/mol. The molecule has 0 saturated carbocycles. The average Bonchev–Trinajstić information content (AvgIpc) is 2.58. The van der Waals surface area contributed by atoms with Gasteiger partial charge in [-0.05, 0) is 36.0 Å². The molecule has 2 aromatic rings. The standard InChI is InChI=1S/C21H27N/c1-3-5-11-19-14-10-15-20(18-12-8-7-9-13-18)21(19)17-22-16-6-4-2/h7-10,12-15,17H,3-6,11,16H2,1-2H3. The highest BCUT2D eigenvalue weighted by Gasteiger charge is 2.08. The maximum Gasteiger partial charge on any atom is 0.0389 e. The van der Waals surface area contributed by atoms with E-state index in [1.54, 1.807) is 0 Å². The molecular formula is C21H27N. The van der Waals surface area contributed by atoms with E-state index < -0.39 is 0 Å². The Labute approximate surface area is 135 Å². The van der Waals surface area contributed by atoms with E-state index in [9.17, 15) is 0 Å². The monoisotopic (exact) mass is 293 g/mol. The third-order valence-corrected chi connectivity index (χ3v) is 3.94. The minimum absolute atomic E-state index is 0.923. The fraction of sp³-hybridized carbons (Fsp3) is 0.381. The van der Waals surface area contributed by atoms with Gasteiger partial charge in [0.05, 0.1) is 0 Å². The van der Waals surface area contributed by atoms with Gasteiger partial charge < -0.3 is 0 Å². The Morgan fingerprint density at radius 3 is 2.36 bits per heavy atom. The predicted octanol–water partition coefficient (Wildman–Crippen LogP) is 5.92. The number of aliphatic imine (C=N–C) groups is 1. The van der Waals surface area contributed by atoms with Gasteiger partial charge >= 0.3 is 0 Å². The lowest BCUT2D eigenvalue weighted by Crippen LogP contribution is -1.98. The van der Waals surface area contributed by atoms with E-state index in [1.165, 1.54) is 41.5 Å². The van der Waals surface area contributed by atoms with Crippen molar-refractivity contribution < 1.29 is 0 Å². The summed E-state index contributed by atoms with van der Waals surface area (Å²) in [7, 11) is 0. The quantitative estimate of drug-likeness (QED) is 0.423. The first kappa shape index (κ1) is 16.5. The fourth-order valence-electron chi connectivity index (χ4n) is 2.63. The summed E-state index contributed by atoms with van der Waals surface area (Å²) in [5, 5.41) is 0. The SMILES string of the molecule is CCCCN=Cc1c(CCCC)cccc1-c1ccccc1. The lowest BCUT2D eigenvalue weighted by Gasteiger charge is -2.12. The highest BCUT2D eigenvalue weighted by atomic mass is 14.7. The molecule has 0 aliphatic rings. The van der Waals surface area contributed by atoms with Crippen molar-refractivity contribution in [3.8, 4) is 11.1 Å². The number of benzene rings is 2. The topological polar surface area (TPSA) is 12.4 Å². The van der Waals surface area contributed by atoms with Crippen LogP contribution in [-0.4, -0.2) is 12.8 Å². The van der Waals surface area contributed by atoms with Gasteiger partial charge in [0.1, 0.15) is 0 Å². The molecule has 2 rings (SSSR count). The molecule has 0 amide bonds. The summed E-state index contributed by atoms with van der Waals surface area (Å²) in [6.07, 6.45) is 8.04. The molecule has 116 valence electrons. The summed E-state index contributed by atoms with van der Waals surface area (Å²) < 4.78 is 0. The maximum atomic E-state index is 4.66. The van der Waals surface area contributed by atoms with E-state index in [2.05, 4.69) is 73.6 Å². The summed E-state index contributed by atoms with van der Waals surface area (Å²) in [6.45, 7) is 5.38. The summed E-state index contributed by atoms with van der Waals surface area (Å²) in [6, 6.07) is 17.3. The molecule has 0 atom stereocenters. The number of hydrogen-bond donors (Lipinski definition) is 0. The zero-order valence-corrected chi connectivity index (χ0v) is 13.9. The molecule has 0 bridgehead atoms. The summed E-state index contributed by atoms with van der Waals surface area (Å²) in [5.41, 5.74) is 5.30. The molecule has 0 unspecified atom stereocenters. The molecule has 0 aliphatic carbocycles. The van der Waals surface area contributed by atoms with Crippen molar-refractivity contribution in [3.63, 3.8) is 0 Å². The molecule has 0 aliphatic heterocycles. The van der Waals surface area contributed by atoms with E-state index in [0.717, 1.165) is 19.4 Å². The van der Waals surface area contributed by atoms with Crippen LogP contribution in [0.5, 0.6) is 0 Å². The first-order valence-corrected chi connectivity index (χ1v) is 8.54. The molecule has 0 heterocycles. The molecule has 1 heteroatoms. The van der Waals surface area contributed by atoms with Crippen molar-refractivity contribution in [3.05, 3.63) is 59.7 Å². The Bertz CT molecular complexity index is 584. The lowest BCUT2D eigenvalue weighted by molar-refractivity contribution is 0.793. The molecule has 0 saturated heterocycles. The Hall–Kier alpha value is -1.89. The third-order valence-electron chi connectivity index (χ3n) is 3.94. The van der Waals surface area contributed by atoms with Crippen LogP contribution in [0, 0.1) is 0 Å². The average molecular weight is 293 g/mol. The Morgan fingerprint density at radius 1 is 0.864 bits per heavy atom. The fourth-order valence-corrected chi connectivity index (χ4v) is 2.63. The summed E-state index contributed by atoms with van der Waals surface area (Å²) >= 11 is 0. The minimum Gasteiger partial charge on any atom is -0.293 e. The molecule has 0 spiro atoms. The van der Waals surface area contributed by atoms with Crippen LogP contribution in [0.25, 0.3) is 11.1 Å². The number of nitrogens with zero attached hydrogens (tertiary/aromatic N) is 1. The van der Waals surface area contributed by atoms with Crippen LogP contribution in [0.2, 0.25) is 0 Å². The second-order valence-electron chi connectivity index (χ2n) is 5.74.